The summed E-state index contributed by atoms with van der Waals surface area (Å²) in [6.45, 7) is 5.88. The van der Waals surface area contributed by atoms with E-state index in [9.17, 15) is 4.79 Å². The van der Waals surface area contributed by atoms with Gasteiger partial charge in [0.15, 0.2) is 0 Å². The largest absolute Gasteiger partial charge is 0.341 e. The Bertz CT molecular complexity index is 208. The lowest BCUT2D eigenvalue weighted by Gasteiger charge is -2.22. The van der Waals surface area contributed by atoms with Gasteiger partial charge in [0, 0.05) is 19.0 Å². The van der Waals surface area contributed by atoms with E-state index < -0.39 is 0 Å². The summed E-state index contributed by atoms with van der Waals surface area (Å²) in [5.74, 6) is 0.556. The Hall–Kier alpha value is -0.240. The van der Waals surface area contributed by atoms with Crippen LogP contribution in [0.15, 0.2) is 0 Å². The topological polar surface area (TPSA) is 20.3 Å². The van der Waals surface area contributed by atoms with Crippen LogP contribution in [0.2, 0.25) is 0 Å². The summed E-state index contributed by atoms with van der Waals surface area (Å²) in [5, 5.41) is 0.178. The molecule has 15 heavy (non-hydrogen) atoms. The molecule has 1 aliphatic heterocycles. The highest BCUT2D eigenvalue weighted by molar-refractivity contribution is 6.21. The molecule has 0 aromatic carbocycles. The third kappa shape index (κ3) is 3.67. The van der Waals surface area contributed by atoms with Crippen molar-refractivity contribution >= 4 is 17.5 Å². The van der Waals surface area contributed by atoms with Gasteiger partial charge in [-0.3, -0.25) is 4.79 Å². The molecule has 0 bridgehead atoms. The molecule has 1 aliphatic rings. The zero-order valence-corrected chi connectivity index (χ0v) is 10.6. The number of carbonyl (C=O) groups is 1. The SMILES string of the molecule is CCCCC(CC)C(=O)N1CCC(Cl)C1. The van der Waals surface area contributed by atoms with Gasteiger partial charge >= 0.3 is 0 Å². The molecule has 0 radical (unpaired) electrons. The van der Waals surface area contributed by atoms with Crippen molar-refractivity contribution in [2.45, 2.75) is 51.3 Å². The second kappa shape index (κ2) is 6.37. The smallest absolute Gasteiger partial charge is 0.225 e. The van der Waals surface area contributed by atoms with Crippen LogP contribution in [0.1, 0.15) is 46.0 Å². The standard InChI is InChI=1S/C12H22ClNO/c1-3-5-6-10(4-2)12(15)14-8-7-11(13)9-14/h10-11H,3-9H2,1-2H3. The predicted octanol–water partition coefficient (Wildman–Crippen LogP) is 3.04. The Morgan fingerprint density at radius 2 is 2.27 bits per heavy atom. The van der Waals surface area contributed by atoms with Crippen LogP contribution in [0.3, 0.4) is 0 Å². The summed E-state index contributed by atoms with van der Waals surface area (Å²) in [4.78, 5) is 14.0. The monoisotopic (exact) mass is 231 g/mol. The van der Waals surface area contributed by atoms with Crippen LogP contribution in [-0.2, 0) is 4.79 Å². The summed E-state index contributed by atoms with van der Waals surface area (Å²) in [5.41, 5.74) is 0. The maximum absolute atomic E-state index is 12.1. The number of unbranched alkanes of at least 4 members (excludes halogenated alkanes) is 1. The first kappa shape index (κ1) is 12.8. The van der Waals surface area contributed by atoms with E-state index >= 15 is 0 Å². The van der Waals surface area contributed by atoms with E-state index in [1.807, 2.05) is 4.90 Å². The number of alkyl halides is 1. The molecule has 0 saturated carbocycles. The van der Waals surface area contributed by atoms with E-state index in [1.54, 1.807) is 0 Å². The maximum atomic E-state index is 12.1. The molecular weight excluding hydrogens is 210 g/mol. The molecule has 88 valence electrons. The highest BCUT2D eigenvalue weighted by Crippen LogP contribution is 2.21. The van der Waals surface area contributed by atoms with Gasteiger partial charge in [-0.2, -0.15) is 0 Å². The number of amides is 1. The highest BCUT2D eigenvalue weighted by atomic mass is 35.5. The second-order valence-electron chi connectivity index (χ2n) is 4.42. The fraction of sp³-hybridized carbons (Fsp3) is 0.917. The Morgan fingerprint density at radius 3 is 2.73 bits per heavy atom. The van der Waals surface area contributed by atoms with Crippen LogP contribution >= 0.6 is 11.6 Å². The first-order chi connectivity index (χ1) is 7.19. The zero-order valence-electron chi connectivity index (χ0n) is 9.84. The van der Waals surface area contributed by atoms with Crippen LogP contribution in [-0.4, -0.2) is 29.3 Å². The first-order valence-corrected chi connectivity index (χ1v) is 6.55. The molecule has 1 amide bonds. The number of halogens is 1. The molecule has 0 N–H and O–H groups in total. The molecule has 0 spiro atoms. The van der Waals surface area contributed by atoms with Gasteiger partial charge in [0.1, 0.15) is 0 Å². The lowest BCUT2D eigenvalue weighted by molar-refractivity contribution is -0.134. The van der Waals surface area contributed by atoms with Crippen LogP contribution in [0.4, 0.5) is 0 Å². The number of hydrogen-bond donors (Lipinski definition) is 0. The highest BCUT2D eigenvalue weighted by Gasteiger charge is 2.28. The molecular formula is C12H22ClNO. The minimum atomic E-state index is 0.178. The van der Waals surface area contributed by atoms with Crippen molar-refractivity contribution in [2.75, 3.05) is 13.1 Å². The summed E-state index contributed by atoms with van der Waals surface area (Å²) >= 11 is 6.01. The fourth-order valence-corrected chi connectivity index (χ4v) is 2.39. The summed E-state index contributed by atoms with van der Waals surface area (Å²) in [6, 6.07) is 0. The van der Waals surface area contributed by atoms with Gasteiger partial charge in [0.2, 0.25) is 5.91 Å². The van der Waals surface area contributed by atoms with Gasteiger partial charge in [-0.1, -0.05) is 26.7 Å². The lowest BCUT2D eigenvalue weighted by Crippen LogP contribution is -2.34. The van der Waals surface area contributed by atoms with Gasteiger partial charge in [-0.05, 0) is 19.3 Å². The van der Waals surface area contributed by atoms with Crippen molar-refractivity contribution in [1.82, 2.24) is 4.90 Å². The number of nitrogens with zero attached hydrogens (tertiary/aromatic N) is 1. The predicted molar refractivity (Wildman–Crippen MR) is 64.1 cm³/mol. The van der Waals surface area contributed by atoms with Crippen LogP contribution in [0.5, 0.6) is 0 Å². The van der Waals surface area contributed by atoms with Crippen molar-refractivity contribution < 1.29 is 4.79 Å². The second-order valence-corrected chi connectivity index (χ2v) is 5.03. The molecule has 2 nitrogen and oxygen atoms in total. The van der Waals surface area contributed by atoms with E-state index in [-0.39, 0.29) is 11.3 Å². The lowest BCUT2D eigenvalue weighted by atomic mass is 9.98. The van der Waals surface area contributed by atoms with Crippen LogP contribution < -0.4 is 0 Å². The van der Waals surface area contributed by atoms with Gasteiger partial charge in [-0.25, -0.2) is 0 Å². The van der Waals surface area contributed by atoms with E-state index in [0.717, 1.165) is 38.8 Å². The summed E-state index contributed by atoms with van der Waals surface area (Å²) in [6.07, 6.45) is 5.28. The molecule has 2 atom stereocenters. The van der Waals surface area contributed by atoms with Crippen molar-refractivity contribution in [2.24, 2.45) is 5.92 Å². The summed E-state index contributed by atoms with van der Waals surface area (Å²) < 4.78 is 0. The van der Waals surface area contributed by atoms with E-state index in [0.29, 0.717) is 5.91 Å². The average molecular weight is 232 g/mol. The van der Waals surface area contributed by atoms with Crippen molar-refractivity contribution in [3.05, 3.63) is 0 Å². The average Bonchev–Trinajstić information content (AvgIpc) is 2.65. The first-order valence-electron chi connectivity index (χ1n) is 6.11. The molecule has 2 unspecified atom stereocenters. The maximum Gasteiger partial charge on any atom is 0.225 e. The van der Waals surface area contributed by atoms with Gasteiger partial charge in [0.25, 0.3) is 0 Å². The molecule has 0 aliphatic carbocycles. The van der Waals surface area contributed by atoms with E-state index in [4.69, 9.17) is 11.6 Å². The molecule has 0 aromatic rings. The minimum Gasteiger partial charge on any atom is -0.341 e. The van der Waals surface area contributed by atoms with Gasteiger partial charge in [-0.15, -0.1) is 11.6 Å². The minimum absolute atomic E-state index is 0.178. The van der Waals surface area contributed by atoms with E-state index in [1.165, 1.54) is 6.42 Å². The molecule has 1 rings (SSSR count). The number of rotatable bonds is 5. The van der Waals surface area contributed by atoms with Gasteiger partial charge in [0.05, 0.1) is 5.38 Å². The third-order valence-electron chi connectivity index (χ3n) is 3.19. The molecule has 1 saturated heterocycles. The summed E-state index contributed by atoms with van der Waals surface area (Å²) in [7, 11) is 0. The van der Waals surface area contributed by atoms with Crippen molar-refractivity contribution in [1.29, 1.82) is 0 Å². The molecule has 1 fully saturated rings. The number of carbonyl (C=O) groups excluding carboxylic acids is 1. The van der Waals surface area contributed by atoms with Crippen LogP contribution in [0.25, 0.3) is 0 Å². The molecule has 0 aromatic heterocycles. The Labute approximate surface area is 98.0 Å². The normalized spacial score (nSPS) is 23.1. The number of likely N-dealkylation sites (tertiary alicyclic amines) is 1. The Balaban J connectivity index is 2.42. The molecule has 3 heteroatoms. The third-order valence-corrected chi connectivity index (χ3v) is 3.55. The zero-order chi connectivity index (χ0) is 11.3. The van der Waals surface area contributed by atoms with E-state index in [2.05, 4.69) is 13.8 Å². The fourth-order valence-electron chi connectivity index (χ4n) is 2.13. The Kier molecular flexibility index (Phi) is 5.44. The molecule has 1 heterocycles. The van der Waals surface area contributed by atoms with Gasteiger partial charge < -0.3 is 4.90 Å². The Morgan fingerprint density at radius 1 is 1.53 bits per heavy atom. The van der Waals surface area contributed by atoms with Crippen LogP contribution in [0, 0.1) is 5.92 Å². The van der Waals surface area contributed by atoms with Crippen molar-refractivity contribution in [3.63, 3.8) is 0 Å². The quantitative estimate of drug-likeness (QED) is 0.666. The van der Waals surface area contributed by atoms with Crippen molar-refractivity contribution in [3.8, 4) is 0 Å². The number of hydrogen-bond acceptors (Lipinski definition) is 1.